The quantitative estimate of drug-likeness (QED) is 0.453. The first kappa shape index (κ1) is 20.2. The number of fused-ring (bicyclic) bond motifs is 1. The fraction of sp³-hybridized carbons (Fsp3) is 0.211. The summed E-state index contributed by atoms with van der Waals surface area (Å²) < 4.78 is 14.4. The summed E-state index contributed by atoms with van der Waals surface area (Å²) in [6, 6.07) is 2.94. The zero-order valence-electron chi connectivity index (χ0n) is 15.6. The van der Waals surface area contributed by atoms with Crippen LogP contribution in [-0.4, -0.2) is 49.9 Å². The number of nitrogens with one attached hydrogen (secondary N) is 2. The first-order chi connectivity index (χ1) is 14.5. The van der Waals surface area contributed by atoms with Gasteiger partial charge in [0.1, 0.15) is 17.4 Å². The number of hydrogen-bond acceptors (Lipinski definition) is 7. The van der Waals surface area contributed by atoms with Gasteiger partial charge in [-0.15, -0.1) is 0 Å². The molecule has 1 fully saturated rings. The Labute approximate surface area is 181 Å². The Kier molecular flexibility index (Phi) is 5.65. The molecule has 0 spiro atoms. The van der Waals surface area contributed by atoms with Gasteiger partial charge >= 0.3 is 0 Å². The Hall–Kier alpha value is -3.04. The van der Waals surface area contributed by atoms with E-state index in [9.17, 15) is 9.18 Å². The monoisotopic (exact) mass is 447 g/mol. The molecule has 154 valence electrons. The average molecular weight is 448 g/mol. The van der Waals surface area contributed by atoms with Crippen LogP contribution in [0.3, 0.4) is 0 Å². The number of amides is 1. The van der Waals surface area contributed by atoms with Crippen LogP contribution in [0.5, 0.6) is 0 Å². The second-order valence-electron chi connectivity index (χ2n) is 6.62. The number of benzene rings is 1. The highest BCUT2D eigenvalue weighted by Crippen LogP contribution is 2.32. The van der Waals surface area contributed by atoms with Crippen molar-refractivity contribution in [3.63, 3.8) is 0 Å². The van der Waals surface area contributed by atoms with Crippen LogP contribution in [0.25, 0.3) is 11.0 Å². The molecule has 30 heavy (non-hydrogen) atoms. The molecule has 4 rings (SSSR count). The van der Waals surface area contributed by atoms with Gasteiger partial charge in [-0.2, -0.15) is 0 Å². The maximum atomic E-state index is 14.4. The van der Waals surface area contributed by atoms with Gasteiger partial charge < -0.3 is 15.5 Å². The Bertz CT molecular complexity index is 1140. The minimum absolute atomic E-state index is 0.0000870. The predicted molar refractivity (Wildman–Crippen MR) is 114 cm³/mol. The van der Waals surface area contributed by atoms with E-state index in [1.54, 1.807) is 11.1 Å². The van der Waals surface area contributed by atoms with Crippen molar-refractivity contribution in [3.8, 4) is 0 Å². The Morgan fingerprint density at radius 1 is 1.30 bits per heavy atom. The highest BCUT2D eigenvalue weighted by Gasteiger charge is 2.25. The topological polar surface area (TPSA) is 95.9 Å². The summed E-state index contributed by atoms with van der Waals surface area (Å²) in [6.45, 7) is 4.66. The van der Waals surface area contributed by atoms with Crippen molar-refractivity contribution in [2.24, 2.45) is 0 Å². The number of carbonyl (C=O) groups is 1. The van der Waals surface area contributed by atoms with E-state index in [1.807, 2.05) is 0 Å². The van der Waals surface area contributed by atoms with Crippen LogP contribution in [0.4, 0.5) is 21.8 Å². The molecule has 8 nitrogen and oxygen atoms in total. The fourth-order valence-corrected chi connectivity index (χ4v) is 3.47. The molecule has 0 aliphatic carbocycles. The minimum atomic E-state index is -0.693. The largest absolute Gasteiger partial charge is 0.350 e. The summed E-state index contributed by atoms with van der Waals surface area (Å²) in [4.78, 5) is 30.5. The molecule has 11 heteroatoms. The van der Waals surface area contributed by atoms with Gasteiger partial charge in [-0.25, -0.2) is 24.3 Å². The third-order valence-electron chi connectivity index (χ3n) is 4.67. The number of anilines is 3. The number of hydrogen-bond donors (Lipinski definition) is 2. The number of carbonyl (C=O) groups excluding carboxylic acids is 1. The average Bonchev–Trinajstić information content (AvgIpc) is 3.22. The molecule has 1 aliphatic rings. The lowest BCUT2D eigenvalue weighted by Crippen LogP contribution is -2.30. The van der Waals surface area contributed by atoms with Gasteiger partial charge in [0.15, 0.2) is 11.6 Å². The number of likely N-dealkylation sites (tertiary alicyclic amines) is 1. The van der Waals surface area contributed by atoms with E-state index >= 15 is 0 Å². The van der Waals surface area contributed by atoms with E-state index in [0.29, 0.717) is 30.1 Å². The summed E-state index contributed by atoms with van der Waals surface area (Å²) in [5.74, 6) is -0.158. The van der Waals surface area contributed by atoms with Gasteiger partial charge in [-0.05, 0) is 24.6 Å². The number of rotatable bonds is 5. The molecule has 1 aromatic carbocycles. The van der Waals surface area contributed by atoms with E-state index in [2.05, 4.69) is 37.1 Å². The molecule has 3 aromatic rings. The summed E-state index contributed by atoms with van der Waals surface area (Å²) in [6.07, 6.45) is 4.93. The zero-order chi connectivity index (χ0) is 21.3. The molecule has 1 amide bonds. The molecule has 3 heterocycles. The summed E-state index contributed by atoms with van der Waals surface area (Å²) in [5.41, 5.74) is 0.984. The van der Waals surface area contributed by atoms with Gasteiger partial charge in [-0.3, -0.25) is 4.79 Å². The van der Waals surface area contributed by atoms with Crippen LogP contribution in [-0.2, 0) is 4.79 Å². The van der Waals surface area contributed by atoms with Crippen molar-refractivity contribution >= 4 is 57.6 Å². The standard InChI is InChI=1S/C19H16Cl2FN7O/c1-2-14(30)29-6-5-10(8-29)26-19-23-7-13-17(28-19)18(25-9-24-13)27-12-4-3-11(20)15(21)16(12)22/h2-4,7,9-10H,1,5-6,8H2,(H,23,26,28)(H,24,25,27)/t10-/m0/s1. The SMILES string of the molecule is C=CC(=O)N1CC[C@H](Nc2ncc3ncnc(Nc4ccc(Cl)c(Cl)c4F)c3n2)C1. The number of nitrogens with zero attached hydrogens (tertiary/aromatic N) is 5. The molecule has 2 aromatic heterocycles. The molecule has 0 unspecified atom stereocenters. The molecule has 0 bridgehead atoms. The van der Waals surface area contributed by atoms with Crippen molar-refractivity contribution in [3.05, 3.63) is 53.2 Å². The molecule has 2 N–H and O–H groups in total. The number of halogens is 3. The molecule has 0 radical (unpaired) electrons. The summed E-state index contributed by atoms with van der Waals surface area (Å²) in [7, 11) is 0. The van der Waals surface area contributed by atoms with Crippen molar-refractivity contribution in [1.29, 1.82) is 0 Å². The van der Waals surface area contributed by atoms with E-state index in [-0.39, 0.29) is 33.5 Å². The van der Waals surface area contributed by atoms with Crippen LogP contribution in [0.1, 0.15) is 6.42 Å². The second kappa shape index (κ2) is 8.37. The minimum Gasteiger partial charge on any atom is -0.350 e. The summed E-state index contributed by atoms with van der Waals surface area (Å²) in [5, 5.41) is 6.03. The van der Waals surface area contributed by atoms with E-state index in [4.69, 9.17) is 23.2 Å². The Morgan fingerprint density at radius 2 is 2.13 bits per heavy atom. The smallest absolute Gasteiger partial charge is 0.246 e. The second-order valence-corrected chi connectivity index (χ2v) is 7.40. The van der Waals surface area contributed by atoms with Gasteiger partial charge in [0.05, 0.1) is 21.9 Å². The first-order valence-electron chi connectivity index (χ1n) is 9.02. The molecule has 1 atom stereocenters. The van der Waals surface area contributed by atoms with Gasteiger partial charge in [0.25, 0.3) is 0 Å². The molecule has 0 saturated carbocycles. The highest BCUT2D eigenvalue weighted by molar-refractivity contribution is 6.42. The normalized spacial score (nSPS) is 16.0. The molecule has 1 saturated heterocycles. The van der Waals surface area contributed by atoms with Gasteiger partial charge in [0, 0.05) is 19.1 Å². The van der Waals surface area contributed by atoms with Crippen LogP contribution in [0.2, 0.25) is 10.0 Å². The van der Waals surface area contributed by atoms with E-state index in [1.165, 1.54) is 24.5 Å². The van der Waals surface area contributed by atoms with Crippen molar-refractivity contribution < 1.29 is 9.18 Å². The lowest BCUT2D eigenvalue weighted by molar-refractivity contribution is -0.125. The fourth-order valence-electron chi connectivity index (χ4n) is 3.16. The molecular weight excluding hydrogens is 432 g/mol. The lowest BCUT2D eigenvalue weighted by atomic mass is 10.3. The maximum absolute atomic E-state index is 14.4. The Balaban J connectivity index is 1.59. The van der Waals surface area contributed by atoms with Crippen LogP contribution in [0, 0.1) is 5.82 Å². The van der Waals surface area contributed by atoms with Crippen LogP contribution < -0.4 is 10.6 Å². The van der Waals surface area contributed by atoms with Crippen LogP contribution in [0.15, 0.2) is 37.3 Å². The van der Waals surface area contributed by atoms with E-state index in [0.717, 1.165) is 6.42 Å². The number of aromatic nitrogens is 4. The third kappa shape index (κ3) is 3.99. The third-order valence-corrected chi connectivity index (χ3v) is 5.45. The maximum Gasteiger partial charge on any atom is 0.246 e. The van der Waals surface area contributed by atoms with E-state index < -0.39 is 5.82 Å². The molecule has 1 aliphatic heterocycles. The van der Waals surface area contributed by atoms with Gasteiger partial charge in [0.2, 0.25) is 11.9 Å². The first-order valence-corrected chi connectivity index (χ1v) is 9.78. The van der Waals surface area contributed by atoms with Crippen molar-refractivity contribution in [2.45, 2.75) is 12.5 Å². The zero-order valence-corrected chi connectivity index (χ0v) is 17.1. The Morgan fingerprint density at radius 3 is 2.93 bits per heavy atom. The lowest BCUT2D eigenvalue weighted by Gasteiger charge is -2.15. The predicted octanol–water partition coefficient (Wildman–Crippen LogP) is 3.81. The highest BCUT2D eigenvalue weighted by atomic mass is 35.5. The van der Waals surface area contributed by atoms with Crippen LogP contribution >= 0.6 is 23.2 Å². The van der Waals surface area contributed by atoms with Crippen molar-refractivity contribution in [1.82, 2.24) is 24.8 Å². The summed E-state index contributed by atoms with van der Waals surface area (Å²) >= 11 is 11.7. The molecular formula is C19H16Cl2FN7O. The van der Waals surface area contributed by atoms with Crippen molar-refractivity contribution in [2.75, 3.05) is 23.7 Å². The van der Waals surface area contributed by atoms with Gasteiger partial charge in [-0.1, -0.05) is 29.8 Å².